The first kappa shape index (κ1) is 9.01. The molecule has 1 nitrogen and oxygen atoms in total. The SMILES string of the molecule is C=CC(N)Cc1ccc(C)cc1. The fourth-order valence-corrected chi connectivity index (χ4v) is 1.08. The average Bonchev–Trinajstić information content (AvgIpc) is 2.09. The van der Waals surface area contributed by atoms with Crippen LogP contribution < -0.4 is 5.73 Å². The van der Waals surface area contributed by atoms with E-state index in [-0.39, 0.29) is 6.04 Å². The molecule has 0 amide bonds. The summed E-state index contributed by atoms with van der Waals surface area (Å²) in [6.07, 6.45) is 2.66. The van der Waals surface area contributed by atoms with Crippen molar-refractivity contribution in [3.63, 3.8) is 0 Å². The van der Waals surface area contributed by atoms with Gasteiger partial charge in [-0.2, -0.15) is 0 Å². The van der Waals surface area contributed by atoms with Crippen molar-refractivity contribution in [3.05, 3.63) is 48.0 Å². The molecular formula is C11H15N. The van der Waals surface area contributed by atoms with Crippen molar-refractivity contribution in [3.8, 4) is 0 Å². The zero-order valence-corrected chi connectivity index (χ0v) is 7.46. The summed E-state index contributed by atoms with van der Waals surface area (Å²) in [7, 11) is 0. The molecule has 0 aromatic heterocycles. The lowest BCUT2D eigenvalue weighted by Gasteiger charge is -2.05. The zero-order valence-electron chi connectivity index (χ0n) is 7.46. The largest absolute Gasteiger partial charge is 0.324 e. The van der Waals surface area contributed by atoms with E-state index in [2.05, 4.69) is 37.8 Å². The molecule has 0 radical (unpaired) electrons. The summed E-state index contributed by atoms with van der Waals surface area (Å²) < 4.78 is 0. The molecule has 12 heavy (non-hydrogen) atoms. The molecular weight excluding hydrogens is 146 g/mol. The predicted octanol–water partition coefficient (Wildman–Crippen LogP) is 2.05. The van der Waals surface area contributed by atoms with Crippen LogP contribution >= 0.6 is 0 Å². The highest BCUT2D eigenvalue weighted by atomic mass is 14.6. The number of aryl methyl sites for hydroxylation is 1. The maximum Gasteiger partial charge on any atom is 0.0262 e. The fourth-order valence-electron chi connectivity index (χ4n) is 1.08. The molecule has 2 N–H and O–H groups in total. The minimum atomic E-state index is 0.0766. The third-order valence-corrected chi connectivity index (χ3v) is 1.89. The van der Waals surface area contributed by atoms with Gasteiger partial charge in [-0.05, 0) is 18.9 Å². The molecule has 1 aromatic rings. The molecule has 0 fully saturated rings. The monoisotopic (exact) mass is 161 g/mol. The molecule has 0 aliphatic rings. The summed E-state index contributed by atoms with van der Waals surface area (Å²) in [6.45, 7) is 5.73. The van der Waals surface area contributed by atoms with E-state index >= 15 is 0 Å². The van der Waals surface area contributed by atoms with Gasteiger partial charge >= 0.3 is 0 Å². The fraction of sp³-hybridized carbons (Fsp3) is 0.273. The van der Waals surface area contributed by atoms with Crippen LogP contribution in [0.15, 0.2) is 36.9 Å². The van der Waals surface area contributed by atoms with Crippen molar-refractivity contribution >= 4 is 0 Å². The van der Waals surface area contributed by atoms with Crippen molar-refractivity contribution < 1.29 is 0 Å². The van der Waals surface area contributed by atoms with Crippen LogP contribution in [0.4, 0.5) is 0 Å². The number of rotatable bonds is 3. The van der Waals surface area contributed by atoms with Gasteiger partial charge in [-0.25, -0.2) is 0 Å². The van der Waals surface area contributed by atoms with E-state index in [0.29, 0.717) is 0 Å². The van der Waals surface area contributed by atoms with Crippen molar-refractivity contribution in [1.29, 1.82) is 0 Å². The Balaban J connectivity index is 2.64. The molecule has 0 bridgehead atoms. The molecule has 1 aromatic carbocycles. The Morgan fingerprint density at radius 3 is 2.50 bits per heavy atom. The summed E-state index contributed by atoms with van der Waals surface area (Å²) in [6, 6.07) is 8.50. The zero-order chi connectivity index (χ0) is 8.97. The van der Waals surface area contributed by atoms with E-state index in [1.165, 1.54) is 11.1 Å². The quantitative estimate of drug-likeness (QED) is 0.675. The van der Waals surface area contributed by atoms with Gasteiger partial charge in [0.1, 0.15) is 0 Å². The molecule has 0 saturated carbocycles. The van der Waals surface area contributed by atoms with Gasteiger partial charge in [0, 0.05) is 6.04 Å². The molecule has 1 unspecified atom stereocenters. The predicted molar refractivity (Wildman–Crippen MR) is 53.1 cm³/mol. The Hall–Kier alpha value is -1.08. The van der Waals surface area contributed by atoms with E-state index < -0.39 is 0 Å². The van der Waals surface area contributed by atoms with E-state index in [1.807, 2.05) is 0 Å². The highest BCUT2D eigenvalue weighted by Gasteiger charge is 1.97. The Bertz CT molecular complexity index is 248. The minimum Gasteiger partial charge on any atom is -0.324 e. The van der Waals surface area contributed by atoms with E-state index in [4.69, 9.17) is 5.73 Å². The molecule has 0 aliphatic heterocycles. The summed E-state index contributed by atoms with van der Waals surface area (Å²) in [5.41, 5.74) is 8.28. The van der Waals surface area contributed by atoms with Crippen molar-refractivity contribution in [2.75, 3.05) is 0 Å². The Morgan fingerprint density at radius 2 is 2.00 bits per heavy atom. The third-order valence-electron chi connectivity index (χ3n) is 1.89. The second-order valence-electron chi connectivity index (χ2n) is 3.09. The van der Waals surface area contributed by atoms with Crippen LogP contribution in [0.3, 0.4) is 0 Å². The van der Waals surface area contributed by atoms with Crippen molar-refractivity contribution in [1.82, 2.24) is 0 Å². The van der Waals surface area contributed by atoms with Gasteiger partial charge < -0.3 is 5.73 Å². The highest BCUT2D eigenvalue weighted by molar-refractivity contribution is 5.22. The first-order valence-electron chi connectivity index (χ1n) is 4.16. The van der Waals surface area contributed by atoms with Crippen LogP contribution in [0.2, 0.25) is 0 Å². The second kappa shape index (κ2) is 4.07. The summed E-state index contributed by atoms with van der Waals surface area (Å²) >= 11 is 0. The van der Waals surface area contributed by atoms with Crippen LogP contribution in [0.5, 0.6) is 0 Å². The Morgan fingerprint density at radius 1 is 1.42 bits per heavy atom. The molecule has 0 aliphatic carbocycles. The van der Waals surface area contributed by atoms with Gasteiger partial charge in [0.05, 0.1) is 0 Å². The molecule has 1 rings (SSSR count). The normalized spacial score (nSPS) is 12.5. The number of benzene rings is 1. The lowest BCUT2D eigenvalue weighted by atomic mass is 10.1. The lowest BCUT2D eigenvalue weighted by molar-refractivity contribution is 0.812. The molecule has 0 heterocycles. The Kier molecular flexibility index (Phi) is 3.06. The molecule has 1 heteroatoms. The van der Waals surface area contributed by atoms with Gasteiger partial charge in [-0.3, -0.25) is 0 Å². The maximum absolute atomic E-state index is 5.72. The van der Waals surface area contributed by atoms with Crippen LogP contribution in [0.25, 0.3) is 0 Å². The molecule has 0 saturated heterocycles. The molecule has 1 atom stereocenters. The van der Waals surface area contributed by atoms with Gasteiger partial charge in [-0.1, -0.05) is 35.9 Å². The summed E-state index contributed by atoms with van der Waals surface area (Å²) in [4.78, 5) is 0. The van der Waals surface area contributed by atoms with Crippen LogP contribution in [0.1, 0.15) is 11.1 Å². The minimum absolute atomic E-state index is 0.0766. The molecule has 64 valence electrons. The third kappa shape index (κ3) is 2.51. The van der Waals surface area contributed by atoms with E-state index in [1.54, 1.807) is 6.08 Å². The Labute approximate surface area is 73.9 Å². The summed E-state index contributed by atoms with van der Waals surface area (Å²) in [5.74, 6) is 0. The van der Waals surface area contributed by atoms with Crippen LogP contribution in [-0.4, -0.2) is 6.04 Å². The van der Waals surface area contributed by atoms with Crippen LogP contribution in [-0.2, 0) is 6.42 Å². The van der Waals surface area contributed by atoms with Crippen molar-refractivity contribution in [2.24, 2.45) is 5.73 Å². The van der Waals surface area contributed by atoms with Gasteiger partial charge in [0.2, 0.25) is 0 Å². The average molecular weight is 161 g/mol. The number of hydrogen-bond donors (Lipinski definition) is 1. The van der Waals surface area contributed by atoms with Gasteiger partial charge in [-0.15, -0.1) is 6.58 Å². The number of hydrogen-bond acceptors (Lipinski definition) is 1. The maximum atomic E-state index is 5.72. The smallest absolute Gasteiger partial charge is 0.0262 e. The standard InChI is InChI=1S/C11H15N/c1-3-11(12)8-10-6-4-9(2)5-7-10/h3-7,11H,1,8,12H2,2H3. The van der Waals surface area contributed by atoms with E-state index in [9.17, 15) is 0 Å². The van der Waals surface area contributed by atoms with E-state index in [0.717, 1.165) is 6.42 Å². The summed E-state index contributed by atoms with van der Waals surface area (Å²) in [5, 5.41) is 0. The lowest BCUT2D eigenvalue weighted by Crippen LogP contribution is -2.19. The van der Waals surface area contributed by atoms with Crippen molar-refractivity contribution in [2.45, 2.75) is 19.4 Å². The first-order valence-corrected chi connectivity index (χ1v) is 4.16. The second-order valence-corrected chi connectivity index (χ2v) is 3.09. The topological polar surface area (TPSA) is 26.0 Å². The van der Waals surface area contributed by atoms with Gasteiger partial charge in [0.15, 0.2) is 0 Å². The first-order chi connectivity index (χ1) is 5.72. The van der Waals surface area contributed by atoms with Gasteiger partial charge in [0.25, 0.3) is 0 Å². The number of nitrogens with two attached hydrogens (primary N) is 1. The van der Waals surface area contributed by atoms with Crippen LogP contribution in [0, 0.1) is 6.92 Å². The molecule has 0 spiro atoms. The highest BCUT2D eigenvalue weighted by Crippen LogP contribution is 2.05.